The van der Waals surface area contributed by atoms with E-state index >= 15 is 0 Å². The first-order valence-electron chi connectivity index (χ1n) is 6.68. The second-order valence-electron chi connectivity index (χ2n) is 4.69. The number of hydrogen-bond donors (Lipinski definition) is 2. The van der Waals surface area contributed by atoms with E-state index in [-0.39, 0.29) is 11.9 Å². The first-order chi connectivity index (χ1) is 10.1. The molecule has 2 aromatic rings. The summed E-state index contributed by atoms with van der Waals surface area (Å²) in [4.78, 5) is 11.9. The largest absolute Gasteiger partial charge is 0.495 e. The van der Waals surface area contributed by atoms with Crippen LogP contribution in [0.2, 0.25) is 0 Å². The van der Waals surface area contributed by atoms with Crippen molar-refractivity contribution in [3.63, 3.8) is 0 Å². The predicted molar refractivity (Wildman–Crippen MR) is 78.9 cm³/mol. The zero-order chi connectivity index (χ0) is 15.2. The van der Waals surface area contributed by atoms with Gasteiger partial charge in [-0.1, -0.05) is 17.3 Å². The van der Waals surface area contributed by atoms with Gasteiger partial charge < -0.3 is 15.8 Å². The van der Waals surface area contributed by atoms with Crippen molar-refractivity contribution in [2.24, 2.45) is 5.73 Å². The first-order valence-corrected chi connectivity index (χ1v) is 6.68. The summed E-state index contributed by atoms with van der Waals surface area (Å²) in [5.41, 5.74) is 7.07. The van der Waals surface area contributed by atoms with Crippen LogP contribution in [0.4, 0.5) is 5.69 Å². The number of rotatable bonds is 6. The van der Waals surface area contributed by atoms with Crippen molar-refractivity contribution >= 4 is 11.6 Å². The molecular formula is C14H19N5O2. The normalized spacial score (nSPS) is 12.0. The zero-order valence-electron chi connectivity index (χ0n) is 12.1. The third-order valence-electron chi connectivity index (χ3n) is 2.97. The van der Waals surface area contributed by atoms with Gasteiger partial charge in [0.2, 0.25) is 5.91 Å². The highest BCUT2D eigenvalue weighted by atomic mass is 16.5. The molecule has 0 aliphatic rings. The molecule has 1 heterocycles. The van der Waals surface area contributed by atoms with Crippen LogP contribution in [0.5, 0.6) is 5.75 Å². The second-order valence-corrected chi connectivity index (χ2v) is 4.69. The Hall–Kier alpha value is -2.41. The lowest BCUT2D eigenvalue weighted by Crippen LogP contribution is -2.15. The van der Waals surface area contributed by atoms with E-state index in [0.717, 1.165) is 0 Å². The van der Waals surface area contributed by atoms with Crippen LogP contribution in [0.3, 0.4) is 0 Å². The summed E-state index contributed by atoms with van der Waals surface area (Å²) >= 11 is 0. The number of benzene rings is 1. The number of aryl methyl sites for hydroxylation is 1. The lowest BCUT2D eigenvalue weighted by atomic mass is 10.2. The summed E-state index contributed by atoms with van der Waals surface area (Å²) in [5, 5.41) is 10.7. The minimum Gasteiger partial charge on any atom is -0.495 e. The average Bonchev–Trinajstić information content (AvgIpc) is 2.95. The van der Waals surface area contributed by atoms with E-state index in [1.165, 1.54) is 0 Å². The fourth-order valence-corrected chi connectivity index (χ4v) is 1.81. The molecule has 0 radical (unpaired) electrons. The molecule has 1 unspecified atom stereocenters. The van der Waals surface area contributed by atoms with Crippen LogP contribution >= 0.6 is 0 Å². The monoisotopic (exact) mass is 289 g/mol. The van der Waals surface area contributed by atoms with E-state index in [0.29, 0.717) is 30.1 Å². The molecule has 0 fully saturated rings. The Morgan fingerprint density at radius 1 is 1.48 bits per heavy atom. The van der Waals surface area contributed by atoms with Gasteiger partial charge in [-0.05, 0) is 19.1 Å². The van der Waals surface area contributed by atoms with Crippen LogP contribution < -0.4 is 15.8 Å². The van der Waals surface area contributed by atoms with Crippen molar-refractivity contribution in [2.45, 2.75) is 25.9 Å². The Morgan fingerprint density at radius 2 is 2.24 bits per heavy atom. The fraction of sp³-hybridized carbons (Fsp3) is 0.357. The molecule has 0 saturated heterocycles. The van der Waals surface area contributed by atoms with Crippen LogP contribution in [0.1, 0.15) is 25.1 Å². The first kappa shape index (κ1) is 15.0. The molecule has 21 heavy (non-hydrogen) atoms. The number of carbonyl (C=O) groups is 1. The van der Waals surface area contributed by atoms with Crippen molar-refractivity contribution < 1.29 is 9.53 Å². The Labute approximate surface area is 123 Å². The van der Waals surface area contributed by atoms with Gasteiger partial charge in [0, 0.05) is 12.5 Å². The van der Waals surface area contributed by atoms with Crippen molar-refractivity contribution in [1.82, 2.24) is 15.0 Å². The molecular weight excluding hydrogens is 270 g/mol. The summed E-state index contributed by atoms with van der Waals surface area (Å²) in [6.45, 7) is 2.28. The van der Waals surface area contributed by atoms with Gasteiger partial charge in [-0.15, -0.1) is 5.10 Å². The minimum atomic E-state index is -0.166. The van der Waals surface area contributed by atoms with Crippen molar-refractivity contribution in [1.29, 1.82) is 0 Å². The Morgan fingerprint density at radius 3 is 2.90 bits per heavy atom. The van der Waals surface area contributed by atoms with Gasteiger partial charge in [0.25, 0.3) is 0 Å². The van der Waals surface area contributed by atoms with Gasteiger partial charge in [-0.2, -0.15) is 0 Å². The van der Waals surface area contributed by atoms with Gasteiger partial charge in [-0.25, -0.2) is 0 Å². The van der Waals surface area contributed by atoms with E-state index < -0.39 is 0 Å². The Balaban J connectivity index is 1.89. The maximum atomic E-state index is 11.9. The van der Waals surface area contributed by atoms with Crippen LogP contribution in [-0.4, -0.2) is 28.0 Å². The molecule has 0 aliphatic carbocycles. The number of para-hydroxylation sites is 2. The fourth-order valence-electron chi connectivity index (χ4n) is 1.81. The molecule has 112 valence electrons. The van der Waals surface area contributed by atoms with Gasteiger partial charge in [-0.3, -0.25) is 9.48 Å². The SMILES string of the molecule is COc1ccccc1NC(=O)CCn1cc(C(C)N)nn1. The van der Waals surface area contributed by atoms with Crippen molar-refractivity contribution in [2.75, 3.05) is 12.4 Å². The highest BCUT2D eigenvalue weighted by Gasteiger charge is 2.09. The zero-order valence-corrected chi connectivity index (χ0v) is 12.1. The molecule has 1 aromatic carbocycles. The van der Waals surface area contributed by atoms with E-state index in [1.807, 2.05) is 19.1 Å². The van der Waals surface area contributed by atoms with E-state index in [4.69, 9.17) is 10.5 Å². The van der Waals surface area contributed by atoms with Crippen LogP contribution in [0.15, 0.2) is 30.5 Å². The van der Waals surface area contributed by atoms with Gasteiger partial charge in [0.1, 0.15) is 5.75 Å². The number of nitrogens with two attached hydrogens (primary N) is 1. The highest BCUT2D eigenvalue weighted by Crippen LogP contribution is 2.23. The molecule has 0 saturated carbocycles. The van der Waals surface area contributed by atoms with E-state index in [9.17, 15) is 4.79 Å². The number of aromatic nitrogens is 3. The third-order valence-corrected chi connectivity index (χ3v) is 2.97. The Bertz CT molecular complexity index is 609. The number of anilines is 1. The average molecular weight is 289 g/mol. The maximum Gasteiger partial charge on any atom is 0.226 e. The molecule has 7 heteroatoms. The van der Waals surface area contributed by atoms with Crippen molar-refractivity contribution in [3.05, 3.63) is 36.2 Å². The summed E-state index contributed by atoms with van der Waals surface area (Å²) in [7, 11) is 1.57. The van der Waals surface area contributed by atoms with Gasteiger partial charge >= 0.3 is 0 Å². The standard InChI is InChI=1S/C14H19N5O2/c1-10(15)12-9-19(18-17-12)8-7-14(20)16-11-5-3-4-6-13(11)21-2/h3-6,9-10H,7-8,15H2,1-2H3,(H,16,20). The molecule has 1 atom stereocenters. The quantitative estimate of drug-likeness (QED) is 0.836. The molecule has 1 amide bonds. The predicted octanol–water partition coefficient (Wildman–Crippen LogP) is 1.34. The molecule has 1 aromatic heterocycles. The van der Waals surface area contributed by atoms with Crippen molar-refractivity contribution in [3.8, 4) is 5.75 Å². The maximum absolute atomic E-state index is 11.9. The van der Waals surface area contributed by atoms with Gasteiger partial charge in [0.15, 0.2) is 0 Å². The highest BCUT2D eigenvalue weighted by molar-refractivity contribution is 5.92. The molecule has 0 bridgehead atoms. The Kier molecular flexibility index (Phi) is 4.89. The molecule has 7 nitrogen and oxygen atoms in total. The molecule has 3 N–H and O–H groups in total. The topological polar surface area (TPSA) is 95.1 Å². The summed E-state index contributed by atoms with van der Waals surface area (Å²) in [6, 6.07) is 7.10. The van der Waals surface area contributed by atoms with Crippen LogP contribution in [-0.2, 0) is 11.3 Å². The van der Waals surface area contributed by atoms with E-state index in [2.05, 4.69) is 15.6 Å². The second kappa shape index (κ2) is 6.85. The van der Waals surface area contributed by atoms with Gasteiger partial charge in [0.05, 0.1) is 31.2 Å². The molecule has 0 spiro atoms. The van der Waals surface area contributed by atoms with Crippen LogP contribution in [0.25, 0.3) is 0 Å². The number of hydrogen-bond acceptors (Lipinski definition) is 5. The molecule has 2 rings (SSSR count). The molecule has 0 aliphatic heterocycles. The number of carbonyl (C=O) groups excluding carboxylic acids is 1. The number of methoxy groups -OCH3 is 1. The number of nitrogens with one attached hydrogen (secondary N) is 1. The smallest absolute Gasteiger partial charge is 0.226 e. The van der Waals surface area contributed by atoms with E-state index in [1.54, 1.807) is 30.1 Å². The summed E-state index contributed by atoms with van der Waals surface area (Å²) in [5.74, 6) is 0.517. The summed E-state index contributed by atoms with van der Waals surface area (Å²) in [6.07, 6.45) is 2.04. The third kappa shape index (κ3) is 4.03. The number of amides is 1. The lowest BCUT2D eigenvalue weighted by Gasteiger charge is -2.09. The minimum absolute atomic E-state index is 0.114. The number of ether oxygens (including phenoxy) is 1. The van der Waals surface area contributed by atoms with Crippen LogP contribution in [0, 0.1) is 0 Å². The number of nitrogens with zero attached hydrogens (tertiary/aromatic N) is 3. The lowest BCUT2D eigenvalue weighted by molar-refractivity contribution is -0.116. The summed E-state index contributed by atoms with van der Waals surface area (Å²) < 4.78 is 6.79.